The van der Waals surface area contributed by atoms with Crippen LogP contribution in [0.15, 0.2) is 47.6 Å². The molecule has 9 heteroatoms. The molecule has 1 amide bonds. The molecule has 0 unspecified atom stereocenters. The van der Waals surface area contributed by atoms with Gasteiger partial charge in [0.25, 0.3) is 5.69 Å². The Hall–Kier alpha value is -3.62. The molecule has 0 bridgehead atoms. The normalized spacial score (nSPS) is 10.4. The number of ether oxygens (including phenoxy) is 3. The number of nitro groups is 1. The van der Waals surface area contributed by atoms with Crippen LogP contribution in [0.25, 0.3) is 0 Å². The van der Waals surface area contributed by atoms with Crippen LogP contribution >= 0.6 is 0 Å². The third-order valence-corrected chi connectivity index (χ3v) is 3.36. The summed E-state index contributed by atoms with van der Waals surface area (Å²) in [5.41, 5.74) is 3.70. The highest BCUT2D eigenvalue weighted by molar-refractivity contribution is 5.82. The fourth-order valence-electron chi connectivity index (χ4n) is 2.07. The second-order valence-corrected chi connectivity index (χ2v) is 5.21. The van der Waals surface area contributed by atoms with Crippen molar-refractivity contribution in [3.63, 3.8) is 0 Å². The van der Waals surface area contributed by atoms with Crippen molar-refractivity contribution >= 4 is 18.0 Å². The zero-order chi connectivity index (χ0) is 19.6. The summed E-state index contributed by atoms with van der Waals surface area (Å²) in [4.78, 5) is 21.2. The Morgan fingerprint density at radius 3 is 2.56 bits per heavy atom. The molecule has 2 rings (SSSR count). The maximum absolute atomic E-state index is 11.0. The SMILES string of the molecule is CCOc1cc(C=NNC(=O)OC)ccc1OCc1ccc([N+](=O)[O-])cc1. The number of hydrazone groups is 1. The number of nitrogens with zero attached hydrogens (tertiary/aromatic N) is 2. The lowest BCUT2D eigenvalue weighted by Gasteiger charge is -2.12. The van der Waals surface area contributed by atoms with Gasteiger partial charge in [-0.15, -0.1) is 0 Å². The molecule has 0 radical (unpaired) electrons. The minimum absolute atomic E-state index is 0.0259. The van der Waals surface area contributed by atoms with Gasteiger partial charge in [0, 0.05) is 12.1 Å². The Morgan fingerprint density at radius 1 is 1.19 bits per heavy atom. The fourth-order valence-corrected chi connectivity index (χ4v) is 2.07. The number of hydrogen-bond donors (Lipinski definition) is 1. The number of hydrogen-bond acceptors (Lipinski definition) is 7. The van der Waals surface area contributed by atoms with E-state index < -0.39 is 11.0 Å². The van der Waals surface area contributed by atoms with Crippen LogP contribution in [0.1, 0.15) is 18.1 Å². The van der Waals surface area contributed by atoms with Crippen LogP contribution in [-0.4, -0.2) is 30.9 Å². The third-order valence-electron chi connectivity index (χ3n) is 3.36. The zero-order valence-corrected chi connectivity index (χ0v) is 14.9. The zero-order valence-electron chi connectivity index (χ0n) is 14.9. The van der Waals surface area contributed by atoms with Crippen molar-refractivity contribution < 1.29 is 23.9 Å². The number of non-ortho nitro benzene ring substituents is 1. The second-order valence-electron chi connectivity index (χ2n) is 5.21. The van der Waals surface area contributed by atoms with E-state index in [9.17, 15) is 14.9 Å². The smallest absolute Gasteiger partial charge is 0.427 e. The number of nitrogens with one attached hydrogen (secondary N) is 1. The van der Waals surface area contributed by atoms with E-state index in [1.165, 1.54) is 25.5 Å². The fraction of sp³-hybridized carbons (Fsp3) is 0.222. The molecule has 2 aromatic carbocycles. The quantitative estimate of drug-likeness (QED) is 0.432. The van der Waals surface area contributed by atoms with Gasteiger partial charge in [-0.3, -0.25) is 10.1 Å². The molecule has 0 aliphatic heterocycles. The van der Waals surface area contributed by atoms with Gasteiger partial charge in [-0.05, 0) is 48.4 Å². The number of methoxy groups -OCH3 is 1. The van der Waals surface area contributed by atoms with Crippen LogP contribution in [0, 0.1) is 10.1 Å². The summed E-state index contributed by atoms with van der Waals surface area (Å²) in [7, 11) is 1.25. The van der Waals surface area contributed by atoms with Crippen LogP contribution in [0.4, 0.5) is 10.5 Å². The topological polar surface area (TPSA) is 112 Å². The summed E-state index contributed by atoms with van der Waals surface area (Å²) in [6.07, 6.45) is 0.777. The highest BCUT2D eigenvalue weighted by atomic mass is 16.6. The first kappa shape index (κ1) is 19.7. The molecule has 0 aliphatic carbocycles. The molecule has 0 atom stereocenters. The monoisotopic (exact) mass is 373 g/mol. The number of carbonyl (C=O) groups is 1. The number of benzene rings is 2. The lowest BCUT2D eigenvalue weighted by atomic mass is 10.2. The maximum Gasteiger partial charge on any atom is 0.427 e. The summed E-state index contributed by atoms with van der Waals surface area (Å²) in [5, 5.41) is 14.4. The number of rotatable bonds is 8. The largest absolute Gasteiger partial charge is 0.490 e. The minimum Gasteiger partial charge on any atom is -0.490 e. The van der Waals surface area contributed by atoms with Gasteiger partial charge < -0.3 is 14.2 Å². The van der Waals surface area contributed by atoms with Gasteiger partial charge in [0.2, 0.25) is 0 Å². The summed E-state index contributed by atoms with van der Waals surface area (Å²) in [5.74, 6) is 1.04. The Balaban J connectivity index is 2.06. The maximum atomic E-state index is 11.0. The van der Waals surface area contributed by atoms with Gasteiger partial charge in [-0.1, -0.05) is 0 Å². The highest BCUT2D eigenvalue weighted by Gasteiger charge is 2.08. The van der Waals surface area contributed by atoms with E-state index in [0.717, 1.165) is 5.56 Å². The standard InChI is InChI=1S/C18H19N3O6/c1-3-26-17-10-14(11-19-20-18(22)25-2)6-9-16(17)27-12-13-4-7-15(8-5-13)21(23)24/h4-11H,3,12H2,1-2H3,(H,20,22). The summed E-state index contributed by atoms with van der Waals surface area (Å²) >= 11 is 0. The van der Waals surface area contributed by atoms with Crippen LogP contribution in [0.5, 0.6) is 11.5 Å². The van der Waals surface area contributed by atoms with Crippen molar-refractivity contribution in [3.8, 4) is 11.5 Å². The predicted molar refractivity (Wildman–Crippen MR) is 98.2 cm³/mol. The number of carbonyl (C=O) groups excluding carboxylic acids is 1. The van der Waals surface area contributed by atoms with Crippen molar-refractivity contribution in [1.82, 2.24) is 5.43 Å². The van der Waals surface area contributed by atoms with Crippen LogP contribution < -0.4 is 14.9 Å². The molecule has 0 spiro atoms. The number of amides is 1. The van der Waals surface area contributed by atoms with Gasteiger partial charge in [0.1, 0.15) is 6.61 Å². The van der Waals surface area contributed by atoms with Crippen LogP contribution in [-0.2, 0) is 11.3 Å². The molecule has 0 fully saturated rings. The third kappa shape index (κ3) is 5.99. The lowest BCUT2D eigenvalue weighted by Crippen LogP contribution is -2.16. The molecule has 0 aliphatic rings. The number of nitro benzene ring substituents is 1. The predicted octanol–water partition coefficient (Wildman–Crippen LogP) is 3.26. The van der Waals surface area contributed by atoms with Crippen molar-refractivity contribution in [1.29, 1.82) is 0 Å². The molecule has 1 N–H and O–H groups in total. The molecule has 2 aromatic rings. The van der Waals surface area contributed by atoms with Crippen LogP contribution in [0.2, 0.25) is 0 Å². The average molecular weight is 373 g/mol. The lowest BCUT2D eigenvalue weighted by molar-refractivity contribution is -0.384. The Labute approximate surface area is 155 Å². The van der Waals surface area contributed by atoms with E-state index in [1.807, 2.05) is 6.92 Å². The molecule has 0 aromatic heterocycles. The van der Waals surface area contributed by atoms with Crippen molar-refractivity contribution in [2.75, 3.05) is 13.7 Å². The Morgan fingerprint density at radius 2 is 1.93 bits per heavy atom. The second kappa shape index (κ2) is 9.76. The van der Waals surface area contributed by atoms with Crippen LogP contribution in [0.3, 0.4) is 0 Å². The first-order valence-corrected chi connectivity index (χ1v) is 8.03. The van der Waals surface area contributed by atoms with Gasteiger partial charge in [-0.2, -0.15) is 5.10 Å². The van der Waals surface area contributed by atoms with Gasteiger partial charge in [-0.25, -0.2) is 10.2 Å². The highest BCUT2D eigenvalue weighted by Crippen LogP contribution is 2.29. The minimum atomic E-state index is -0.667. The summed E-state index contributed by atoms with van der Waals surface area (Å²) < 4.78 is 15.8. The molecule has 0 heterocycles. The van der Waals surface area contributed by atoms with E-state index in [-0.39, 0.29) is 12.3 Å². The average Bonchev–Trinajstić information content (AvgIpc) is 2.67. The summed E-state index contributed by atoms with van der Waals surface area (Å²) in [6, 6.07) is 11.3. The van der Waals surface area contributed by atoms with E-state index in [4.69, 9.17) is 9.47 Å². The van der Waals surface area contributed by atoms with E-state index >= 15 is 0 Å². The van der Waals surface area contributed by atoms with Crippen molar-refractivity contribution in [2.45, 2.75) is 13.5 Å². The first-order valence-electron chi connectivity index (χ1n) is 8.03. The molecule has 142 valence electrons. The van der Waals surface area contributed by atoms with Gasteiger partial charge in [0.15, 0.2) is 11.5 Å². The molecule has 0 saturated heterocycles. The molecule has 9 nitrogen and oxygen atoms in total. The molecule has 0 saturated carbocycles. The van der Waals surface area contributed by atoms with E-state index in [2.05, 4.69) is 15.3 Å². The van der Waals surface area contributed by atoms with E-state index in [0.29, 0.717) is 23.7 Å². The van der Waals surface area contributed by atoms with Crippen molar-refractivity contribution in [3.05, 3.63) is 63.7 Å². The summed E-state index contributed by atoms with van der Waals surface area (Å²) in [6.45, 7) is 2.52. The van der Waals surface area contributed by atoms with Crippen molar-refractivity contribution in [2.24, 2.45) is 5.10 Å². The van der Waals surface area contributed by atoms with Gasteiger partial charge >= 0.3 is 6.09 Å². The first-order chi connectivity index (χ1) is 13.0. The Bertz CT molecular complexity index is 820. The Kier molecular flexibility index (Phi) is 7.12. The molecular weight excluding hydrogens is 354 g/mol. The van der Waals surface area contributed by atoms with Gasteiger partial charge in [0.05, 0.1) is 24.9 Å². The molecule has 27 heavy (non-hydrogen) atoms. The van der Waals surface area contributed by atoms with E-state index in [1.54, 1.807) is 30.3 Å². The molecular formula is C18H19N3O6.